The lowest BCUT2D eigenvalue weighted by Crippen LogP contribution is -2.21. The summed E-state index contributed by atoms with van der Waals surface area (Å²) >= 11 is 0. The molecule has 0 saturated carbocycles. The number of hydrogen-bond acceptors (Lipinski definition) is 1. The Labute approximate surface area is 93.1 Å². The second-order valence-electron chi connectivity index (χ2n) is 4.61. The Morgan fingerprint density at radius 1 is 1.00 bits per heavy atom. The fourth-order valence-electron chi connectivity index (χ4n) is 2.38. The molecule has 0 saturated heterocycles. The lowest BCUT2D eigenvalue weighted by atomic mass is 9.75. The fraction of sp³-hybridized carbons (Fsp3) is 0.571. The highest BCUT2D eigenvalue weighted by Crippen LogP contribution is 2.34. The normalized spacial score (nSPS) is 11.7. The number of hydrogen-bond donors (Lipinski definition) is 1. The minimum atomic E-state index is 0.275. The van der Waals surface area contributed by atoms with Gasteiger partial charge in [0.15, 0.2) is 0 Å². The van der Waals surface area contributed by atoms with Crippen molar-refractivity contribution < 1.29 is 5.11 Å². The molecule has 0 aromatic heterocycles. The Bertz CT molecular complexity index is 281. The van der Waals surface area contributed by atoms with Gasteiger partial charge >= 0.3 is 0 Å². The maximum Gasteiger partial charge on any atom is 0.115 e. The van der Waals surface area contributed by atoms with Gasteiger partial charge in [-0.15, -0.1) is 0 Å². The molecule has 0 fully saturated rings. The molecule has 1 aromatic rings. The van der Waals surface area contributed by atoms with Gasteiger partial charge in [0.25, 0.3) is 0 Å². The average Bonchev–Trinajstić information content (AvgIpc) is 2.19. The Hall–Kier alpha value is -0.980. The largest absolute Gasteiger partial charge is 0.508 e. The first-order valence-corrected chi connectivity index (χ1v) is 5.92. The van der Waals surface area contributed by atoms with Crippen molar-refractivity contribution in [2.75, 3.05) is 0 Å². The first kappa shape index (κ1) is 12.1. The zero-order chi connectivity index (χ0) is 11.3. The van der Waals surface area contributed by atoms with Crippen LogP contribution in [0.5, 0.6) is 5.75 Å². The quantitative estimate of drug-likeness (QED) is 0.763. The lowest BCUT2D eigenvalue weighted by molar-refractivity contribution is 0.391. The molecule has 1 rings (SSSR count). The summed E-state index contributed by atoms with van der Waals surface area (Å²) in [7, 11) is 0. The minimum absolute atomic E-state index is 0.275. The number of phenolic OH excluding ortho intramolecular Hbond substituents is 1. The molecule has 1 heteroatoms. The Morgan fingerprint density at radius 2 is 1.47 bits per heavy atom. The highest BCUT2D eigenvalue weighted by atomic mass is 16.3. The van der Waals surface area contributed by atoms with Crippen LogP contribution in [0.2, 0.25) is 0 Å². The predicted octanol–water partition coefficient (Wildman–Crippen LogP) is 4.25. The van der Waals surface area contributed by atoms with Crippen LogP contribution in [0.25, 0.3) is 0 Å². The van der Waals surface area contributed by atoms with E-state index in [0.29, 0.717) is 5.75 Å². The van der Waals surface area contributed by atoms with Gasteiger partial charge in [-0.05, 0) is 36.0 Å². The summed E-state index contributed by atoms with van der Waals surface area (Å²) in [6.45, 7) is 6.79. The van der Waals surface area contributed by atoms with Crippen molar-refractivity contribution in [3.8, 4) is 5.75 Å². The second-order valence-corrected chi connectivity index (χ2v) is 4.61. The molecule has 0 heterocycles. The number of benzene rings is 1. The Balaban J connectivity index is 2.92. The van der Waals surface area contributed by atoms with Crippen LogP contribution in [0.1, 0.15) is 52.0 Å². The van der Waals surface area contributed by atoms with E-state index in [2.05, 4.69) is 32.9 Å². The molecule has 0 aliphatic carbocycles. The third-order valence-corrected chi connectivity index (χ3v) is 3.17. The van der Waals surface area contributed by atoms with Crippen molar-refractivity contribution in [3.63, 3.8) is 0 Å². The van der Waals surface area contributed by atoms with Crippen molar-refractivity contribution in [1.29, 1.82) is 0 Å². The summed E-state index contributed by atoms with van der Waals surface area (Å²) in [5.74, 6) is 0.356. The second kappa shape index (κ2) is 5.20. The molecule has 0 aliphatic heterocycles. The summed E-state index contributed by atoms with van der Waals surface area (Å²) in [6, 6.07) is 7.69. The van der Waals surface area contributed by atoms with Crippen molar-refractivity contribution in [2.45, 2.75) is 51.9 Å². The lowest BCUT2D eigenvalue weighted by Gasteiger charge is -2.29. The van der Waals surface area contributed by atoms with Crippen LogP contribution in [-0.4, -0.2) is 5.11 Å². The summed E-state index contributed by atoms with van der Waals surface area (Å²) in [4.78, 5) is 0. The summed E-state index contributed by atoms with van der Waals surface area (Å²) in [5, 5.41) is 9.28. The summed E-state index contributed by atoms with van der Waals surface area (Å²) in [5.41, 5.74) is 1.63. The minimum Gasteiger partial charge on any atom is -0.508 e. The summed E-state index contributed by atoms with van der Waals surface area (Å²) in [6.07, 6.45) is 4.84. The first-order valence-electron chi connectivity index (χ1n) is 5.92. The van der Waals surface area contributed by atoms with Crippen molar-refractivity contribution in [3.05, 3.63) is 29.8 Å². The third kappa shape index (κ3) is 2.98. The van der Waals surface area contributed by atoms with Gasteiger partial charge in [0.05, 0.1) is 0 Å². The van der Waals surface area contributed by atoms with Gasteiger partial charge in [0.1, 0.15) is 5.75 Å². The first-order chi connectivity index (χ1) is 7.12. The number of rotatable bonds is 5. The molecule has 1 aromatic carbocycles. The van der Waals surface area contributed by atoms with E-state index in [-0.39, 0.29) is 5.41 Å². The van der Waals surface area contributed by atoms with Crippen LogP contribution in [0.4, 0.5) is 0 Å². The molecule has 0 aliphatic rings. The Morgan fingerprint density at radius 3 is 1.87 bits per heavy atom. The van der Waals surface area contributed by atoms with Gasteiger partial charge in [-0.2, -0.15) is 0 Å². The maximum atomic E-state index is 9.28. The molecule has 1 nitrogen and oxygen atoms in total. The topological polar surface area (TPSA) is 20.2 Å². The van der Waals surface area contributed by atoms with Crippen LogP contribution < -0.4 is 0 Å². The molecule has 0 spiro atoms. The SMILES string of the molecule is CCCC(C)(CCC)c1ccc(O)cc1. The van der Waals surface area contributed by atoms with E-state index in [1.807, 2.05) is 0 Å². The number of aromatic hydroxyl groups is 1. The van der Waals surface area contributed by atoms with E-state index >= 15 is 0 Å². The molecular formula is C14H22O. The maximum absolute atomic E-state index is 9.28. The third-order valence-electron chi connectivity index (χ3n) is 3.17. The zero-order valence-electron chi connectivity index (χ0n) is 10.1. The standard InChI is InChI=1S/C14H22O/c1-4-10-14(3,11-5-2)12-6-8-13(15)9-7-12/h6-9,15H,4-5,10-11H2,1-3H3. The molecule has 0 unspecified atom stereocenters. The number of phenols is 1. The predicted molar refractivity (Wildman–Crippen MR) is 65.3 cm³/mol. The highest BCUT2D eigenvalue weighted by Gasteiger charge is 2.24. The fourth-order valence-corrected chi connectivity index (χ4v) is 2.38. The van der Waals surface area contributed by atoms with Gasteiger partial charge in [-0.25, -0.2) is 0 Å². The summed E-state index contributed by atoms with van der Waals surface area (Å²) < 4.78 is 0. The van der Waals surface area contributed by atoms with Crippen LogP contribution in [0.15, 0.2) is 24.3 Å². The molecule has 84 valence electrons. The van der Waals surface area contributed by atoms with Crippen molar-refractivity contribution >= 4 is 0 Å². The van der Waals surface area contributed by atoms with E-state index in [9.17, 15) is 5.11 Å². The van der Waals surface area contributed by atoms with Crippen LogP contribution in [-0.2, 0) is 5.41 Å². The highest BCUT2D eigenvalue weighted by molar-refractivity contribution is 5.31. The molecule has 1 N–H and O–H groups in total. The molecular weight excluding hydrogens is 184 g/mol. The molecule has 15 heavy (non-hydrogen) atoms. The van der Waals surface area contributed by atoms with Crippen LogP contribution >= 0.6 is 0 Å². The van der Waals surface area contributed by atoms with Crippen molar-refractivity contribution in [2.24, 2.45) is 0 Å². The van der Waals surface area contributed by atoms with E-state index < -0.39 is 0 Å². The smallest absolute Gasteiger partial charge is 0.115 e. The van der Waals surface area contributed by atoms with Gasteiger partial charge in [0, 0.05) is 0 Å². The van der Waals surface area contributed by atoms with E-state index in [4.69, 9.17) is 0 Å². The van der Waals surface area contributed by atoms with Crippen molar-refractivity contribution in [1.82, 2.24) is 0 Å². The van der Waals surface area contributed by atoms with E-state index in [0.717, 1.165) is 0 Å². The van der Waals surface area contributed by atoms with Gasteiger partial charge in [-0.1, -0.05) is 45.7 Å². The molecule has 0 atom stereocenters. The van der Waals surface area contributed by atoms with Gasteiger partial charge < -0.3 is 5.11 Å². The van der Waals surface area contributed by atoms with Crippen LogP contribution in [0.3, 0.4) is 0 Å². The monoisotopic (exact) mass is 206 g/mol. The van der Waals surface area contributed by atoms with Gasteiger partial charge in [0.2, 0.25) is 0 Å². The van der Waals surface area contributed by atoms with Crippen LogP contribution in [0, 0.1) is 0 Å². The zero-order valence-corrected chi connectivity index (χ0v) is 10.1. The van der Waals surface area contributed by atoms with E-state index in [1.165, 1.54) is 31.2 Å². The molecule has 0 bridgehead atoms. The average molecular weight is 206 g/mol. The molecule has 0 amide bonds. The van der Waals surface area contributed by atoms with Gasteiger partial charge in [-0.3, -0.25) is 0 Å². The molecule has 0 radical (unpaired) electrons. The Kier molecular flexibility index (Phi) is 4.19. The van der Waals surface area contributed by atoms with E-state index in [1.54, 1.807) is 12.1 Å².